The van der Waals surface area contributed by atoms with Gasteiger partial charge in [-0.25, -0.2) is 47.1 Å². The number of aryl methyl sites for hydroxylation is 4. The third kappa shape index (κ3) is 30.0. The fourth-order valence-electron chi connectivity index (χ4n) is 15.0. The summed E-state index contributed by atoms with van der Waals surface area (Å²) in [7, 11) is -16.3. The van der Waals surface area contributed by atoms with Gasteiger partial charge in [0.2, 0.25) is 0 Å². The molecule has 0 aliphatic carbocycles. The molecule has 3 aromatic heterocycles. The predicted octanol–water partition coefficient (Wildman–Crippen LogP) is 9.66. The molecule has 0 atom stereocenters. The summed E-state index contributed by atoms with van der Waals surface area (Å²) >= 11 is 0. The van der Waals surface area contributed by atoms with E-state index >= 15 is 0 Å². The van der Waals surface area contributed by atoms with Gasteiger partial charge >= 0.3 is 0 Å². The van der Waals surface area contributed by atoms with Crippen molar-refractivity contribution in [2.75, 3.05) is 45.4 Å². The zero-order valence-electron chi connectivity index (χ0n) is 80.4. The molecular formula is C98H114N18O20S5. The maximum Gasteiger partial charge on any atom is 0.259 e. The monoisotopic (exact) mass is 2020 g/mol. The highest BCUT2D eigenvalue weighted by molar-refractivity contribution is 7.90. The van der Waals surface area contributed by atoms with Crippen molar-refractivity contribution in [1.29, 1.82) is 0 Å². The number of anilines is 1. The van der Waals surface area contributed by atoms with Crippen molar-refractivity contribution in [2.24, 2.45) is 56.1 Å². The molecule has 5 aliphatic heterocycles. The molecule has 0 unspecified atom stereocenters. The maximum absolute atomic E-state index is 12.7. The molecular weight excluding hydrogens is 1910 g/mol. The largest absolute Gasteiger partial charge is 0.492 e. The molecule has 7 aromatic carbocycles. The number of ketones is 1. The van der Waals surface area contributed by atoms with Gasteiger partial charge in [0.1, 0.15) is 90.2 Å². The molecule has 43 heteroatoms. The summed E-state index contributed by atoms with van der Waals surface area (Å²) in [5.41, 5.74) is 37.3. The van der Waals surface area contributed by atoms with Crippen molar-refractivity contribution in [2.45, 2.75) is 154 Å². The molecule has 5 aliphatic rings. The van der Waals surface area contributed by atoms with Gasteiger partial charge in [-0.15, -0.1) is 22.0 Å². The number of nitrogens with two attached hydrogens (primary N) is 5. The molecule has 0 fully saturated rings. The second kappa shape index (κ2) is 43.4. The van der Waals surface area contributed by atoms with E-state index in [1.807, 2.05) is 121 Å². The average molecular weight is 2020 g/mol. The lowest BCUT2D eigenvalue weighted by Gasteiger charge is -2.27. The number of nitrogens with zero attached hydrogens (tertiary/aromatic N) is 8. The molecule has 38 nitrogen and oxygen atoms in total. The minimum atomic E-state index is -3.61. The van der Waals surface area contributed by atoms with Gasteiger partial charge in [-0.3, -0.25) is 33.9 Å². The first-order valence-corrected chi connectivity index (χ1v) is 52.0. The number of hydrogen-bond acceptors (Lipinski definition) is 29. The molecule has 0 saturated carbocycles. The van der Waals surface area contributed by atoms with Crippen LogP contribution in [0.15, 0.2) is 216 Å². The standard InChI is InChI=1S/2C20H24N4O4S.C20H23N3O4S.C19H22N4O4S.C19H21N3O4S/c1-12-8-15(9-13(2)22-12)19(25)23-20(3,4)11-28-16-7-5-6-14-10-29(26,27)24-18(21)17(14)16;1-20(2,10-15(25)13-7-8-23-17(9-13)22-3)12-28-16-6-4-5-14-11-29(26,27)24-19(21)18(14)16;1-13-6-4-7-14(10-13)19(24)22-20(2,3)12-27-16-9-5-8-15-11-28(25,26)23-18(21)17(15)16;1-12-9-13(7-8-21-12)18(24)22-19(2,3)11-27-15-6-4-5-14-10-28(25,26)23-17(20)16(14)15;1-19(2,21-18(23)13-7-4-3-5-8-13)12-26-15-10-6-9-14-11-27(24,25)22-17(20)16(14)15/h5-9H,10-11H2,1-4H3,(H2,21,24)(H,23,25);4-9H,10-12H2,1-3H3,(H2,21,24)(H,22,23);4-10H,11-12H2,1-3H3,(H2,21,23)(H,22,24);4-9H,10-11H2,1-3H3,(H2,20,23)(H,22,24);3-10H,11-12H2,1-2H3,(H2,20,22)(H,21,23). The molecule has 15 rings (SSSR count). The van der Waals surface area contributed by atoms with Crippen molar-refractivity contribution in [3.05, 3.63) is 300 Å². The minimum absolute atomic E-state index is 0.0141. The highest BCUT2D eigenvalue weighted by Crippen LogP contribution is 2.36. The molecule has 4 amide bonds. The second-order valence-electron chi connectivity index (χ2n) is 37.3. The number of aromatic nitrogens is 3. The lowest BCUT2D eigenvalue weighted by Crippen LogP contribution is -2.48. The third-order valence-corrected chi connectivity index (χ3v) is 27.0. The second-order valence-corrected chi connectivity index (χ2v) is 45.4. The fraction of sp³-hybridized carbons (Fsp3) is 0.316. The van der Waals surface area contributed by atoms with E-state index in [0.29, 0.717) is 118 Å². The number of hydrogen-bond donors (Lipinski definition) is 10. The van der Waals surface area contributed by atoms with E-state index in [-0.39, 0.29) is 127 Å². The Bertz CT molecular complexity index is 7100. The van der Waals surface area contributed by atoms with Gasteiger partial charge in [0.15, 0.2) is 5.78 Å². The lowest BCUT2D eigenvalue weighted by molar-refractivity contribution is 0.0872. The first kappa shape index (κ1) is 107. The Kier molecular flexibility index (Phi) is 32.9. The van der Waals surface area contributed by atoms with Crippen LogP contribution >= 0.6 is 0 Å². The van der Waals surface area contributed by atoms with Gasteiger partial charge in [-0.2, -0.15) is 0 Å². The van der Waals surface area contributed by atoms with Gasteiger partial charge < -0.3 is 78.9 Å². The van der Waals surface area contributed by atoms with Gasteiger partial charge in [-0.1, -0.05) is 110 Å². The maximum atomic E-state index is 12.7. The van der Waals surface area contributed by atoms with E-state index in [1.54, 1.807) is 177 Å². The highest BCUT2D eigenvalue weighted by Gasteiger charge is 2.36. The Labute approximate surface area is 820 Å². The van der Waals surface area contributed by atoms with E-state index in [1.165, 1.54) is 0 Å². The van der Waals surface area contributed by atoms with Gasteiger partial charge in [0.25, 0.3) is 73.7 Å². The van der Waals surface area contributed by atoms with Crippen molar-refractivity contribution in [3.8, 4) is 28.7 Å². The quantitative estimate of drug-likeness (QED) is 0.0214. The van der Waals surface area contributed by atoms with E-state index < -0.39 is 77.7 Å². The highest BCUT2D eigenvalue weighted by atomic mass is 32.2. The topological polar surface area (TPSA) is 593 Å². The number of pyridine rings is 3. The number of sulfonamides is 5. The van der Waals surface area contributed by atoms with Crippen LogP contribution in [0.25, 0.3) is 0 Å². The van der Waals surface area contributed by atoms with E-state index in [9.17, 15) is 66.1 Å². The summed E-state index contributed by atoms with van der Waals surface area (Å²) in [6.45, 7) is 26.9. The summed E-state index contributed by atoms with van der Waals surface area (Å²) < 4.78 is 165. The summed E-state index contributed by atoms with van der Waals surface area (Å²) in [6, 6.07) is 51.9. The number of nitrogens with one attached hydrogen (secondary N) is 5. The Hall–Kier alpha value is -14.6. The van der Waals surface area contributed by atoms with Gasteiger partial charge in [0, 0.05) is 76.2 Å². The van der Waals surface area contributed by atoms with Crippen LogP contribution in [0.1, 0.15) is 206 Å². The molecule has 141 heavy (non-hydrogen) atoms. The number of amidine groups is 5. The Morgan fingerprint density at radius 2 is 0.603 bits per heavy atom. The number of carbonyl (C=O) groups excluding carboxylic acids is 5. The third-order valence-electron chi connectivity index (χ3n) is 21.3. The molecule has 746 valence electrons. The number of carbonyl (C=O) groups is 5. The first-order valence-electron chi connectivity index (χ1n) is 44.0. The average Bonchev–Trinajstić information content (AvgIpc) is 0.793. The number of amides is 4. The normalized spacial score (nSPS) is 15.3. The predicted molar refractivity (Wildman–Crippen MR) is 539 cm³/mol. The lowest BCUT2D eigenvalue weighted by atomic mass is 9.86. The number of benzene rings is 7. The van der Waals surface area contributed by atoms with Crippen LogP contribution in [-0.2, 0) is 78.9 Å². The first-order chi connectivity index (χ1) is 65.8. The molecule has 15 N–H and O–H groups in total. The van der Waals surface area contributed by atoms with Crippen LogP contribution in [0.4, 0.5) is 5.82 Å². The zero-order chi connectivity index (χ0) is 103. The number of ether oxygens (including phenoxy) is 5. The van der Waals surface area contributed by atoms with Crippen LogP contribution in [0.2, 0.25) is 0 Å². The van der Waals surface area contributed by atoms with Crippen LogP contribution in [0, 0.1) is 33.1 Å². The van der Waals surface area contributed by atoms with E-state index in [0.717, 1.165) is 22.6 Å². The van der Waals surface area contributed by atoms with Crippen LogP contribution in [0.3, 0.4) is 0 Å². The van der Waals surface area contributed by atoms with E-state index in [4.69, 9.17) is 52.4 Å². The Morgan fingerprint density at radius 1 is 0.319 bits per heavy atom. The van der Waals surface area contributed by atoms with Crippen LogP contribution < -0.4 is 78.9 Å². The number of rotatable bonds is 27. The van der Waals surface area contributed by atoms with Crippen LogP contribution in [0.5, 0.6) is 28.7 Å². The molecule has 10 aromatic rings. The fourth-order valence-corrected chi connectivity index (χ4v) is 20.4. The number of fused-ring (bicyclic) bond motifs is 5. The van der Waals surface area contributed by atoms with Crippen LogP contribution in [-0.4, -0.2) is 178 Å². The number of Topliss-reactive ketones (excluding diaryl/α,β-unsaturated/α-hetero) is 1. The molecule has 0 spiro atoms. The minimum Gasteiger partial charge on any atom is -0.492 e. The van der Waals surface area contributed by atoms with Gasteiger partial charge in [-0.05, 0) is 202 Å². The summed E-state index contributed by atoms with van der Waals surface area (Å²) in [4.78, 5) is 75.1. The SMILES string of the molecule is CC(C)(COc1cccc2c1C(N)=NS(=O)(=O)C2)NC(=O)c1ccccc1.CNc1cc(C(=O)CC(C)(C)COc2cccc3c2C(N)=NS(=O)(=O)C3)ccn1.Cc1cc(C(=O)NC(C)(C)COc2cccc3c2C(N)=NS(=O)(=O)C3)cc(C)n1.Cc1cc(C(=O)NC(C)(C)COc2cccc3c2C(N)=NS(=O)(=O)C3)ccn1.Cc1cccc(C(=O)NC(C)(C)COc2cccc3c2C(N)=NS(=O)(=O)C3)c1. The van der Waals surface area contributed by atoms with Crippen molar-refractivity contribution in [1.82, 2.24) is 36.2 Å². The summed E-state index contributed by atoms with van der Waals surface area (Å²) in [6.07, 6.45) is 3.45. The Morgan fingerprint density at radius 3 is 0.929 bits per heavy atom. The zero-order valence-corrected chi connectivity index (χ0v) is 84.5. The van der Waals surface area contributed by atoms with Crippen molar-refractivity contribution >= 4 is 115 Å². The van der Waals surface area contributed by atoms with Crippen molar-refractivity contribution < 1.29 is 89.7 Å². The summed E-state index contributed by atoms with van der Waals surface area (Å²) in [5.74, 6) is 0.432. The van der Waals surface area contributed by atoms with E-state index in [2.05, 4.69) is 63.5 Å². The Balaban J connectivity index is 0.000000168. The molecule has 0 bridgehead atoms. The van der Waals surface area contributed by atoms with Crippen molar-refractivity contribution in [3.63, 3.8) is 0 Å². The smallest absolute Gasteiger partial charge is 0.259 e. The molecule has 8 heterocycles. The molecule has 0 radical (unpaired) electrons. The summed E-state index contributed by atoms with van der Waals surface area (Å²) in [5, 5.41) is 14.7. The van der Waals surface area contributed by atoms with Gasteiger partial charge in [0.05, 0.1) is 85.3 Å². The molecule has 0 saturated heterocycles.